The molecular formula is C36H22N4. The first-order valence-electron chi connectivity index (χ1n) is 13.3. The third kappa shape index (κ3) is 3.28. The molecule has 4 heteroatoms. The molecule has 0 spiro atoms. The molecule has 8 aromatic rings. The molecule has 0 bridgehead atoms. The van der Waals surface area contributed by atoms with Gasteiger partial charge in [0.05, 0.1) is 51.3 Å². The van der Waals surface area contributed by atoms with Crippen molar-refractivity contribution in [3.63, 3.8) is 0 Å². The van der Waals surface area contributed by atoms with Crippen LogP contribution < -0.4 is 0 Å². The lowest BCUT2D eigenvalue weighted by Crippen LogP contribution is -1.98. The zero-order valence-corrected chi connectivity index (χ0v) is 21.5. The van der Waals surface area contributed by atoms with Crippen LogP contribution in [0, 0.1) is 11.3 Å². The minimum atomic E-state index is 0.600. The van der Waals surface area contributed by atoms with Gasteiger partial charge in [-0.2, -0.15) is 5.26 Å². The quantitative estimate of drug-likeness (QED) is 0.238. The third-order valence-electron chi connectivity index (χ3n) is 7.77. The van der Waals surface area contributed by atoms with Crippen LogP contribution in [0.1, 0.15) is 5.56 Å². The van der Waals surface area contributed by atoms with Crippen molar-refractivity contribution in [1.29, 1.82) is 5.26 Å². The fraction of sp³-hybridized carbons (Fsp3) is 0. The number of pyridine rings is 1. The topological polar surface area (TPSA) is 46.5 Å². The monoisotopic (exact) mass is 510 g/mol. The van der Waals surface area contributed by atoms with Gasteiger partial charge in [-0.1, -0.05) is 72.8 Å². The van der Waals surface area contributed by atoms with Crippen LogP contribution in [0.2, 0.25) is 0 Å². The predicted octanol–water partition coefficient (Wildman–Crippen LogP) is 8.81. The highest BCUT2D eigenvalue weighted by Crippen LogP contribution is 2.35. The van der Waals surface area contributed by atoms with Gasteiger partial charge in [0.25, 0.3) is 0 Å². The van der Waals surface area contributed by atoms with Crippen LogP contribution in [0.3, 0.4) is 0 Å². The molecule has 0 atom stereocenters. The summed E-state index contributed by atoms with van der Waals surface area (Å²) in [5.74, 6) is 0. The predicted molar refractivity (Wildman–Crippen MR) is 163 cm³/mol. The van der Waals surface area contributed by atoms with E-state index in [2.05, 4.69) is 124 Å². The maximum Gasteiger partial charge on any atom is 0.0992 e. The van der Waals surface area contributed by atoms with Gasteiger partial charge in [-0.15, -0.1) is 0 Å². The van der Waals surface area contributed by atoms with E-state index in [1.54, 1.807) is 0 Å². The fourth-order valence-electron chi connectivity index (χ4n) is 6.04. The normalized spacial score (nSPS) is 11.5. The zero-order chi connectivity index (χ0) is 26.6. The van der Waals surface area contributed by atoms with Crippen molar-refractivity contribution in [2.24, 2.45) is 0 Å². The third-order valence-corrected chi connectivity index (χ3v) is 7.77. The summed E-state index contributed by atoms with van der Waals surface area (Å²) in [4.78, 5) is 4.90. The van der Waals surface area contributed by atoms with Crippen molar-refractivity contribution in [1.82, 2.24) is 14.1 Å². The molecule has 3 heterocycles. The minimum absolute atomic E-state index is 0.600. The van der Waals surface area contributed by atoms with E-state index in [9.17, 15) is 5.26 Å². The summed E-state index contributed by atoms with van der Waals surface area (Å²) in [6.07, 6.45) is 1.92. The first kappa shape index (κ1) is 22.3. The Labute approximate surface area is 230 Å². The molecule has 0 saturated heterocycles. The van der Waals surface area contributed by atoms with Crippen LogP contribution in [0.15, 0.2) is 134 Å². The molecule has 0 saturated carbocycles. The Morgan fingerprint density at radius 1 is 0.500 bits per heavy atom. The van der Waals surface area contributed by atoms with Crippen LogP contribution in [0.5, 0.6) is 0 Å². The maximum absolute atomic E-state index is 9.94. The molecular weight excluding hydrogens is 488 g/mol. The SMILES string of the molecule is N#Cc1cc(-c2ccc(-n3c4ccccc4c4ccccc43)cn2)cc(-n2c3ccccc3c3ccccc32)c1. The molecule has 0 aliphatic rings. The van der Waals surface area contributed by atoms with Crippen molar-refractivity contribution in [2.45, 2.75) is 0 Å². The average molecular weight is 511 g/mol. The molecule has 0 aliphatic carbocycles. The van der Waals surface area contributed by atoms with Crippen LogP contribution in [0.4, 0.5) is 0 Å². The van der Waals surface area contributed by atoms with Crippen LogP contribution in [-0.4, -0.2) is 14.1 Å². The number of hydrogen-bond donors (Lipinski definition) is 0. The Hall–Kier alpha value is -5.66. The van der Waals surface area contributed by atoms with E-state index >= 15 is 0 Å². The first-order valence-corrected chi connectivity index (χ1v) is 13.3. The number of rotatable bonds is 3. The smallest absolute Gasteiger partial charge is 0.0992 e. The number of para-hydroxylation sites is 4. The van der Waals surface area contributed by atoms with E-state index in [1.807, 2.05) is 24.4 Å². The molecule has 0 N–H and O–H groups in total. The van der Waals surface area contributed by atoms with Crippen LogP contribution in [-0.2, 0) is 0 Å². The van der Waals surface area contributed by atoms with Gasteiger partial charge < -0.3 is 9.13 Å². The van der Waals surface area contributed by atoms with Gasteiger partial charge in [0.2, 0.25) is 0 Å². The maximum atomic E-state index is 9.94. The van der Waals surface area contributed by atoms with Gasteiger partial charge in [0, 0.05) is 32.8 Å². The number of hydrogen-bond acceptors (Lipinski definition) is 2. The summed E-state index contributed by atoms with van der Waals surface area (Å²) in [5, 5.41) is 14.8. The van der Waals surface area contributed by atoms with E-state index in [1.165, 1.54) is 21.5 Å². The summed E-state index contributed by atoms with van der Waals surface area (Å²) in [7, 11) is 0. The molecule has 5 aromatic carbocycles. The second-order valence-electron chi connectivity index (χ2n) is 10.0. The average Bonchev–Trinajstić information content (AvgIpc) is 3.54. The second-order valence-corrected chi connectivity index (χ2v) is 10.0. The van der Waals surface area contributed by atoms with Gasteiger partial charge in [-0.05, 0) is 54.6 Å². The van der Waals surface area contributed by atoms with Crippen molar-refractivity contribution in [3.8, 4) is 28.7 Å². The summed E-state index contributed by atoms with van der Waals surface area (Å²) in [5.41, 5.74) is 8.80. The summed E-state index contributed by atoms with van der Waals surface area (Å²) >= 11 is 0. The van der Waals surface area contributed by atoms with Gasteiger partial charge in [-0.25, -0.2) is 0 Å². The van der Waals surface area contributed by atoms with Crippen molar-refractivity contribution >= 4 is 43.6 Å². The zero-order valence-electron chi connectivity index (χ0n) is 21.5. The number of nitriles is 1. The van der Waals surface area contributed by atoms with Crippen molar-refractivity contribution in [3.05, 3.63) is 139 Å². The summed E-state index contributed by atoms with van der Waals surface area (Å²) in [6.45, 7) is 0. The van der Waals surface area contributed by atoms with E-state index in [-0.39, 0.29) is 0 Å². The number of aromatic nitrogens is 3. The molecule has 40 heavy (non-hydrogen) atoms. The molecule has 0 radical (unpaired) electrons. The van der Waals surface area contributed by atoms with Gasteiger partial charge >= 0.3 is 0 Å². The highest BCUT2D eigenvalue weighted by molar-refractivity contribution is 6.10. The number of benzene rings is 5. The van der Waals surface area contributed by atoms with Crippen LogP contribution in [0.25, 0.3) is 66.2 Å². The molecule has 0 unspecified atom stereocenters. The van der Waals surface area contributed by atoms with Gasteiger partial charge in [-0.3, -0.25) is 4.98 Å². The highest BCUT2D eigenvalue weighted by atomic mass is 15.0. The lowest BCUT2D eigenvalue weighted by atomic mass is 10.1. The largest absolute Gasteiger partial charge is 0.309 e. The Balaban J connectivity index is 1.29. The molecule has 0 aliphatic heterocycles. The Morgan fingerprint density at radius 3 is 1.43 bits per heavy atom. The van der Waals surface area contributed by atoms with E-state index in [0.29, 0.717) is 5.56 Å². The molecule has 186 valence electrons. The second kappa shape index (κ2) is 8.69. The summed E-state index contributed by atoms with van der Waals surface area (Å²) < 4.78 is 4.50. The molecule has 0 amide bonds. The molecule has 4 nitrogen and oxygen atoms in total. The van der Waals surface area contributed by atoms with Crippen molar-refractivity contribution < 1.29 is 0 Å². The Kier molecular flexibility index (Phi) is 4.85. The number of nitrogens with zero attached hydrogens (tertiary/aromatic N) is 4. The Morgan fingerprint density at radius 2 is 0.975 bits per heavy atom. The van der Waals surface area contributed by atoms with Crippen LogP contribution >= 0.6 is 0 Å². The standard InChI is InChI=1S/C36H22N4/c37-22-24-19-25(21-27(20-24)40-35-15-7-3-11-30(35)31-12-4-8-16-36(31)40)32-18-17-26(23-38-32)39-33-13-5-1-9-28(33)29-10-2-6-14-34(29)39/h1-21,23H. The van der Waals surface area contributed by atoms with Gasteiger partial charge in [0.15, 0.2) is 0 Å². The molecule has 8 rings (SSSR count). The first-order chi connectivity index (χ1) is 19.8. The van der Waals surface area contributed by atoms with E-state index in [4.69, 9.17) is 4.98 Å². The Bertz CT molecular complexity index is 2170. The van der Waals surface area contributed by atoms with Crippen molar-refractivity contribution in [2.75, 3.05) is 0 Å². The van der Waals surface area contributed by atoms with E-state index in [0.717, 1.165) is 44.7 Å². The number of fused-ring (bicyclic) bond motifs is 6. The van der Waals surface area contributed by atoms with E-state index < -0.39 is 0 Å². The lowest BCUT2D eigenvalue weighted by Gasteiger charge is -2.12. The molecule has 3 aromatic heterocycles. The highest BCUT2D eigenvalue weighted by Gasteiger charge is 2.15. The fourth-order valence-corrected chi connectivity index (χ4v) is 6.04. The minimum Gasteiger partial charge on any atom is -0.309 e. The van der Waals surface area contributed by atoms with Gasteiger partial charge in [0.1, 0.15) is 0 Å². The summed E-state index contributed by atoms with van der Waals surface area (Å²) in [6, 6.07) is 46.3. The lowest BCUT2D eigenvalue weighted by molar-refractivity contribution is 1.14. The molecule has 0 fully saturated rings.